The number of carbonyl (C=O) groups excluding carboxylic acids is 1. The molecule has 0 unspecified atom stereocenters. The number of benzene rings is 1. The Morgan fingerprint density at radius 2 is 1.96 bits per heavy atom. The summed E-state index contributed by atoms with van der Waals surface area (Å²) in [5.41, 5.74) is 0.466. The van der Waals surface area contributed by atoms with E-state index in [1.165, 1.54) is 11.8 Å². The maximum Gasteiger partial charge on any atom is 0.262 e. The fourth-order valence-electron chi connectivity index (χ4n) is 2.40. The lowest BCUT2D eigenvalue weighted by Gasteiger charge is -2.18. The van der Waals surface area contributed by atoms with Crippen LogP contribution in [0.4, 0.5) is 0 Å². The Kier molecular flexibility index (Phi) is 6.52. The number of fused-ring (bicyclic) bond motifs is 1. The van der Waals surface area contributed by atoms with Gasteiger partial charge in [-0.15, -0.1) is 0 Å². The van der Waals surface area contributed by atoms with Crippen molar-refractivity contribution in [3.05, 3.63) is 33.6 Å². The minimum atomic E-state index is -0.350. The zero-order valence-electron chi connectivity index (χ0n) is 15.2. The Balaban J connectivity index is 2.48. The van der Waals surface area contributed by atoms with Crippen molar-refractivity contribution in [2.45, 2.75) is 57.6 Å². The summed E-state index contributed by atoms with van der Waals surface area (Å²) in [6, 6.07) is 5.17. The predicted molar refractivity (Wildman–Crippen MR) is 104 cm³/mol. The van der Waals surface area contributed by atoms with Crippen LogP contribution in [-0.4, -0.2) is 26.8 Å². The lowest BCUT2D eigenvalue weighted by molar-refractivity contribution is -0.120. The van der Waals surface area contributed by atoms with Gasteiger partial charge in [0.15, 0.2) is 5.16 Å². The molecular weight excluding hydrogens is 358 g/mol. The molecule has 5 nitrogen and oxygen atoms in total. The van der Waals surface area contributed by atoms with Gasteiger partial charge in [-0.25, -0.2) is 4.98 Å². The van der Waals surface area contributed by atoms with Gasteiger partial charge < -0.3 is 5.32 Å². The Morgan fingerprint density at radius 3 is 2.56 bits per heavy atom. The van der Waals surface area contributed by atoms with E-state index in [1.54, 1.807) is 22.8 Å². The van der Waals surface area contributed by atoms with Crippen molar-refractivity contribution >= 4 is 40.2 Å². The molecule has 0 bridgehead atoms. The van der Waals surface area contributed by atoms with E-state index in [1.807, 2.05) is 34.6 Å². The molecule has 7 heteroatoms. The molecule has 0 saturated carbocycles. The first-order valence-electron chi connectivity index (χ1n) is 8.36. The highest BCUT2D eigenvalue weighted by molar-refractivity contribution is 8.00. The van der Waals surface area contributed by atoms with E-state index in [4.69, 9.17) is 11.6 Å². The van der Waals surface area contributed by atoms with Gasteiger partial charge in [-0.05, 0) is 44.9 Å². The monoisotopic (exact) mass is 381 g/mol. The summed E-state index contributed by atoms with van der Waals surface area (Å²) >= 11 is 7.33. The Morgan fingerprint density at radius 1 is 1.28 bits per heavy atom. The second kappa shape index (κ2) is 8.23. The van der Waals surface area contributed by atoms with Gasteiger partial charge in [-0.1, -0.05) is 37.2 Å². The van der Waals surface area contributed by atoms with Gasteiger partial charge in [0.2, 0.25) is 5.91 Å². The second-order valence-electron chi connectivity index (χ2n) is 6.79. The number of halogens is 1. The summed E-state index contributed by atoms with van der Waals surface area (Å²) in [5.74, 6) is 0.205. The smallest absolute Gasteiger partial charge is 0.262 e. The van der Waals surface area contributed by atoms with Crippen molar-refractivity contribution in [2.24, 2.45) is 5.92 Å². The van der Waals surface area contributed by atoms with Gasteiger partial charge in [-0.2, -0.15) is 0 Å². The Bertz CT molecular complexity index is 833. The zero-order valence-corrected chi connectivity index (χ0v) is 16.7. The van der Waals surface area contributed by atoms with Gasteiger partial charge in [-0.3, -0.25) is 14.2 Å². The molecule has 0 aliphatic rings. The molecule has 1 aromatic carbocycles. The first-order chi connectivity index (χ1) is 11.7. The number of carbonyl (C=O) groups is 1. The maximum atomic E-state index is 12.9. The standard InChI is InChI=1S/C18H24ClN3O2S/c1-10(2)9-22-17(24)14-8-13(19)6-7-15(14)21-18(22)25-12(5)16(23)20-11(3)4/h6-8,10-12H,9H2,1-5H3,(H,20,23)/t12-/m0/s1. The summed E-state index contributed by atoms with van der Waals surface area (Å²) in [6.07, 6.45) is 0. The number of aromatic nitrogens is 2. The molecule has 0 fully saturated rings. The van der Waals surface area contributed by atoms with Gasteiger partial charge >= 0.3 is 0 Å². The Labute approximate surface area is 157 Å². The van der Waals surface area contributed by atoms with E-state index in [2.05, 4.69) is 10.3 Å². The molecule has 1 amide bonds. The van der Waals surface area contributed by atoms with Crippen molar-refractivity contribution < 1.29 is 4.79 Å². The van der Waals surface area contributed by atoms with Crippen LogP contribution >= 0.6 is 23.4 Å². The lowest BCUT2D eigenvalue weighted by atomic mass is 10.2. The highest BCUT2D eigenvalue weighted by Gasteiger charge is 2.20. The summed E-state index contributed by atoms with van der Waals surface area (Å²) in [5, 5.41) is 4.10. The van der Waals surface area contributed by atoms with Crippen LogP contribution in [0.1, 0.15) is 34.6 Å². The van der Waals surface area contributed by atoms with Crippen molar-refractivity contribution in [3.63, 3.8) is 0 Å². The van der Waals surface area contributed by atoms with E-state index in [-0.39, 0.29) is 28.7 Å². The normalized spacial score (nSPS) is 12.8. The summed E-state index contributed by atoms with van der Waals surface area (Å²) in [6.45, 7) is 10.3. The summed E-state index contributed by atoms with van der Waals surface area (Å²) in [7, 11) is 0. The first-order valence-corrected chi connectivity index (χ1v) is 9.62. The fraction of sp³-hybridized carbons (Fsp3) is 0.500. The SMILES string of the molecule is CC(C)Cn1c(S[C@@H](C)C(=O)NC(C)C)nc2ccc(Cl)cc2c1=O. The molecule has 0 radical (unpaired) electrons. The van der Waals surface area contributed by atoms with Crippen molar-refractivity contribution in [2.75, 3.05) is 0 Å². The third-order valence-corrected chi connectivity index (χ3v) is 4.84. The topological polar surface area (TPSA) is 64.0 Å². The zero-order chi connectivity index (χ0) is 18.7. The lowest BCUT2D eigenvalue weighted by Crippen LogP contribution is -2.36. The molecular formula is C18H24ClN3O2S. The predicted octanol–water partition coefficient (Wildman–Crippen LogP) is 3.71. The number of thioether (sulfide) groups is 1. The van der Waals surface area contributed by atoms with Crippen LogP contribution in [0.25, 0.3) is 10.9 Å². The van der Waals surface area contributed by atoms with E-state index < -0.39 is 0 Å². The molecule has 2 aromatic rings. The van der Waals surface area contributed by atoms with Crippen LogP contribution in [0.3, 0.4) is 0 Å². The second-order valence-corrected chi connectivity index (χ2v) is 8.53. The number of hydrogen-bond acceptors (Lipinski definition) is 4. The largest absolute Gasteiger partial charge is 0.353 e. The number of nitrogens with zero attached hydrogens (tertiary/aromatic N) is 2. The van der Waals surface area contributed by atoms with E-state index in [9.17, 15) is 9.59 Å². The van der Waals surface area contributed by atoms with E-state index in [0.29, 0.717) is 27.6 Å². The Hall–Kier alpha value is -1.53. The minimum absolute atomic E-state index is 0.0680. The third-order valence-electron chi connectivity index (χ3n) is 3.51. The quantitative estimate of drug-likeness (QED) is 0.612. The molecule has 1 N–H and O–H groups in total. The molecule has 0 spiro atoms. The van der Waals surface area contributed by atoms with Crippen LogP contribution in [0, 0.1) is 5.92 Å². The molecule has 0 aliphatic heterocycles. The van der Waals surface area contributed by atoms with Crippen molar-refractivity contribution in [1.82, 2.24) is 14.9 Å². The highest BCUT2D eigenvalue weighted by Crippen LogP contribution is 2.24. The molecule has 0 aliphatic carbocycles. The summed E-state index contributed by atoms with van der Waals surface area (Å²) < 4.78 is 1.65. The van der Waals surface area contributed by atoms with E-state index in [0.717, 1.165) is 0 Å². The summed E-state index contributed by atoms with van der Waals surface area (Å²) in [4.78, 5) is 29.8. The van der Waals surface area contributed by atoms with Gasteiger partial charge in [0, 0.05) is 17.6 Å². The molecule has 1 aromatic heterocycles. The van der Waals surface area contributed by atoms with Gasteiger partial charge in [0.05, 0.1) is 16.2 Å². The van der Waals surface area contributed by atoms with Crippen molar-refractivity contribution in [1.29, 1.82) is 0 Å². The number of nitrogens with one attached hydrogen (secondary N) is 1. The van der Waals surface area contributed by atoms with Crippen LogP contribution in [-0.2, 0) is 11.3 Å². The fourth-order valence-corrected chi connectivity index (χ4v) is 3.50. The average Bonchev–Trinajstić information content (AvgIpc) is 2.51. The molecule has 136 valence electrons. The van der Waals surface area contributed by atoms with E-state index >= 15 is 0 Å². The minimum Gasteiger partial charge on any atom is -0.353 e. The van der Waals surface area contributed by atoms with Crippen molar-refractivity contribution in [3.8, 4) is 0 Å². The maximum absolute atomic E-state index is 12.9. The molecule has 1 atom stereocenters. The van der Waals surface area contributed by atoms with Crippen LogP contribution in [0.5, 0.6) is 0 Å². The third kappa shape index (κ3) is 4.98. The number of amides is 1. The molecule has 1 heterocycles. The highest BCUT2D eigenvalue weighted by atomic mass is 35.5. The van der Waals surface area contributed by atoms with Crippen LogP contribution in [0.15, 0.2) is 28.2 Å². The molecule has 0 saturated heterocycles. The first kappa shape index (κ1) is 19.8. The van der Waals surface area contributed by atoms with Gasteiger partial charge in [0.25, 0.3) is 5.56 Å². The van der Waals surface area contributed by atoms with Crippen LogP contribution < -0.4 is 10.9 Å². The molecule has 25 heavy (non-hydrogen) atoms. The number of hydrogen-bond donors (Lipinski definition) is 1. The number of rotatable bonds is 6. The van der Waals surface area contributed by atoms with Gasteiger partial charge in [0.1, 0.15) is 0 Å². The average molecular weight is 382 g/mol. The molecule has 2 rings (SSSR count). The van der Waals surface area contributed by atoms with Crippen LogP contribution in [0.2, 0.25) is 5.02 Å².